The molecule has 1 aliphatic rings. The van der Waals surface area contributed by atoms with Gasteiger partial charge < -0.3 is 9.73 Å². The standard InChI is InChI=1S/C14H14FN3O/c1-9-17-18-14(19-9)11-2-3-12(13(15)8-11)10-4-6-16-7-5-10/h2-4,8,16H,5-7H2,1H3. The summed E-state index contributed by atoms with van der Waals surface area (Å²) in [6, 6.07) is 5.04. The Bertz CT molecular complexity index is 633. The second kappa shape index (κ2) is 4.93. The van der Waals surface area contributed by atoms with Crippen molar-refractivity contribution in [1.29, 1.82) is 0 Å². The van der Waals surface area contributed by atoms with Crippen LogP contribution in [-0.2, 0) is 0 Å². The molecule has 98 valence electrons. The average molecular weight is 259 g/mol. The highest BCUT2D eigenvalue weighted by atomic mass is 19.1. The number of halogens is 1. The van der Waals surface area contributed by atoms with E-state index in [1.165, 1.54) is 6.07 Å². The summed E-state index contributed by atoms with van der Waals surface area (Å²) in [5.74, 6) is 0.573. The summed E-state index contributed by atoms with van der Waals surface area (Å²) in [7, 11) is 0. The number of hydrogen-bond acceptors (Lipinski definition) is 4. The lowest BCUT2D eigenvalue weighted by molar-refractivity contribution is 0.531. The van der Waals surface area contributed by atoms with Gasteiger partial charge in [0.2, 0.25) is 11.8 Å². The maximum atomic E-state index is 14.2. The molecule has 0 atom stereocenters. The molecule has 1 aromatic carbocycles. The van der Waals surface area contributed by atoms with E-state index in [4.69, 9.17) is 4.42 Å². The van der Waals surface area contributed by atoms with Crippen molar-refractivity contribution in [1.82, 2.24) is 15.5 Å². The molecule has 0 spiro atoms. The van der Waals surface area contributed by atoms with Crippen LogP contribution in [0.25, 0.3) is 17.0 Å². The number of nitrogens with zero attached hydrogens (tertiary/aromatic N) is 2. The molecule has 0 bridgehead atoms. The van der Waals surface area contributed by atoms with Crippen molar-refractivity contribution in [3.63, 3.8) is 0 Å². The number of nitrogens with one attached hydrogen (secondary N) is 1. The largest absolute Gasteiger partial charge is 0.421 e. The fourth-order valence-corrected chi connectivity index (χ4v) is 2.19. The molecule has 0 fully saturated rings. The molecule has 2 aromatic rings. The minimum Gasteiger partial charge on any atom is -0.421 e. The molecule has 5 heteroatoms. The van der Waals surface area contributed by atoms with E-state index >= 15 is 0 Å². The van der Waals surface area contributed by atoms with E-state index in [2.05, 4.69) is 15.5 Å². The second-order valence-corrected chi connectivity index (χ2v) is 4.50. The van der Waals surface area contributed by atoms with E-state index in [0.717, 1.165) is 25.1 Å². The minimum absolute atomic E-state index is 0.249. The van der Waals surface area contributed by atoms with Gasteiger partial charge in [-0.3, -0.25) is 0 Å². The molecule has 1 aromatic heterocycles. The Morgan fingerprint density at radius 1 is 1.32 bits per heavy atom. The van der Waals surface area contributed by atoms with Crippen molar-refractivity contribution in [3.8, 4) is 11.5 Å². The van der Waals surface area contributed by atoms with Crippen LogP contribution in [-0.4, -0.2) is 23.3 Å². The van der Waals surface area contributed by atoms with Crippen LogP contribution in [0.15, 0.2) is 28.7 Å². The summed E-state index contributed by atoms with van der Waals surface area (Å²) in [4.78, 5) is 0. The van der Waals surface area contributed by atoms with Gasteiger partial charge in [0, 0.05) is 24.6 Å². The molecule has 0 amide bonds. The van der Waals surface area contributed by atoms with E-state index < -0.39 is 0 Å². The van der Waals surface area contributed by atoms with Crippen molar-refractivity contribution >= 4 is 5.57 Å². The van der Waals surface area contributed by atoms with Gasteiger partial charge in [-0.05, 0) is 30.7 Å². The van der Waals surface area contributed by atoms with Crippen molar-refractivity contribution < 1.29 is 8.81 Å². The second-order valence-electron chi connectivity index (χ2n) is 4.50. The normalized spacial score (nSPS) is 15.4. The van der Waals surface area contributed by atoms with Gasteiger partial charge in [0.15, 0.2) is 0 Å². The molecule has 0 saturated carbocycles. The van der Waals surface area contributed by atoms with Crippen molar-refractivity contribution in [2.75, 3.05) is 13.1 Å². The molecule has 1 aliphatic heterocycles. The minimum atomic E-state index is -0.249. The van der Waals surface area contributed by atoms with E-state index in [1.807, 2.05) is 12.1 Å². The number of benzene rings is 1. The van der Waals surface area contributed by atoms with Gasteiger partial charge in [-0.1, -0.05) is 12.1 Å². The third-order valence-corrected chi connectivity index (χ3v) is 3.15. The van der Waals surface area contributed by atoms with Crippen molar-refractivity contribution in [2.24, 2.45) is 0 Å². The number of aryl methyl sites for hydroxylation is 1. The van der Waals surface area contributed by atoms with Gasteiger partial charge in [0.05, 0.1) is 0 Å². The third-order valence-electron chi connectivity index (χ3n) is 3.15. The van der Waals surface area contributed by atoms with E-state index in [0.29, 0.717) is 22.9 Å². The van der Waals surface area contributed by atoms with Crippen LogP contribution < -0.4 is 5.32 Å². The first-order valence-corrected chi connectivity index (χ1v) is 6.24. The first kappa shape index (κ1) is 12.0. The van der Waals surface area contributed by atoms with E-state index in [9.17, 15) is 4.39 Å². The molecule has 0 saturated heterocycles. The zero-order valence-electron chi connectivity index (χ0n) is 10.6. The predicted molar refractivity (Wildman–Crippen MR) is 69.9 cm³/mol. The zero-order valence-corrected chi connectivity index (χ0v) is 10.6. The quantitative estimate of drug-likeness (QED) is 0.900. The van der Waals surface area contributed by atoms with Gasteiger partial charge >= 0.3 is 0 Å². The molecule has 0 unspecified atom stereocenters. The van der Waals surface area contributed by atoms with Gasteiger partial charge in [-0.15, -0.1) is 10.2 Å². The highest BCUT2D eigenvalue weighted by molar-refractivity contribution is 5.69. The van der Waals surface area contributed by atoms with Gasteiger partial charge in [-0.2, -0.15) is 0 Å². The summed E-state index contributed by atoms with van der Waals surface area (Å²) in [6.07, 6.45) is 2.87. The van der Waals surface area contributed by atoms with Crippen LogP contribution in [0.4, 0.5) is 4.39 Å². The topological polar surface area (TPSA) is 51.0 Å². The highest BCUT2D eigenvalue weighted by Crippen LogP contribution is 2.26. The Labute approximate surface area is 110 Å². The van der Waals surface area contributed by atoms with Crippen LogP contribution in [0.5, 0.6) is 0 Å². The maximum absolute atomic E-state index is 14.2. The molecule has 0 radical (unpaired) electrons. The number of aromatic nitrogens is 2. The molecule has 4 nitrogen and oxygen atoms in total. The Kier molecular flexibility index (Phi) is 3.13. The lowest BCUT2D eigenvalue weighted by Crippen LogP contribution is -2.20. The summed E-state index contributed by atoms with van der Waals surface area (Å²) >= 11 is 0. The maximum Gasteiger partial charge on any atom is 0.247 e. The Morgan fingerprint density at radius 2 is 2.21 bits per heavy atom. The average Bonchev–Trinajstić information content (AvgIpc) is 2.86. The Morgan fingerprint density at radius 3 is 2.84 bits per heavy atom. The predicted octanol–water partition coefficient (Wildman–Crippen LogP) is 2.56. The summed E-state index contributed by atoms with van der Waals surface area (Å²) < 4.78 is 19.5. The number of hydrogen-bond donors (Lipinski definition) is 1. The van der Waals surface area contributed by atoms with Gasteiger partial charge in [-0.25, -0.2) is 4.39 Å². The van der Waals surface area contributed by atoms with Crippen LogP contribution in [0.1, 0.15) is 17.9 Å². The van der Waals surface area contributed by atoms with Gasteiger partial charge in [0.25, 0.3) is 0 Å². The SMILES string of the molecule is Cc1nnc(-c2ccc(C3=CCNCC3)c(F)c2)o1. The van der Waals surface area contributed by atoms with Crippen LogP contribution >= 0.6 is 0 Å². The number of rotatable bonds is 2. The highest BCUT2D eigenvalue weighted by Gasteiger charge is 2.13. The Balaban J connectivity index is 1.95. The summed E-state index contributed by atoms with van der Waals surface area (Å²) in [6.45, 7) is 3.39. The fourth-order valence-electron chi connectivity index (χ4n) is 2.19. The molecule has 2 heterocycles. The lowest BCUT2D eigenvalue weighted by atomic mass is 9.98. The van der Waals surface area contributed by atoms with Crippen LogP contribution in [0, 0.1) is 12.7 Å². The monoisotopic (exact) mass is 259 g/mol. The first-order chi connectivity index (χ1) is 9.24. The molecule has 19 heavy (non-hydrogen) atoms. The van der Waals surface area contributed by atoms with Crippen LogP contribution in [0.3, 0.4) is 0 Å². The zero-order chi connectivity index (χ0) is 13.2. The smallest absolute Gasteiger partial charge is 0.247 e. The Hall–Kier alpha value is -2.01. The summed E-state index contributed by atoms with van der Waals surface area (Å²) in [5.41, 5.74) is 2.31. The molecular formula is C14H14FN3O. The molecule has 3 rings (SSSR count). The fraction of sp³-hybridized carbons (Fsp3) is 0.286. The summed E-state index contributed by atoms with van der Waals surface area (Å²) in [5, 5.41) is 10.8. The third kappa shape index (κ3) is 2.42. The molecule has 0 aliphatic carbocycles. The first-order valence-electron chi connectivity index (χ1n) is 6.24. The lowest BCUT2D eigenvalue weighted by Gasteiger charge is -2.15. The van der Waals surface area contributed by atoms with E-state index in [1.54, 1.807) is 13.0 Å². The van der Waals surface area contributed by atoms with Gasteiger partial charge in [0.1, 0.15) is 5.82 Å². The molecule has 1 N–H and O–H groups in total. The molecular weight excluding hydrogens is 245 g/mol. The van der Waals surface area contributed by atoms with E-state index in [-0.39, 0.29) is 5.82 Å². The van der Waals surface area contributed by atoms with Crippen molar-refractivity contribution in [2.45, 2.75) is 13.3 Å². The van der Waals surface area contributed by atoms with Crippen LogP contribution in [0.2, 0.25) is 0 Å². The van der Waals surface area contributed by atoms with Crippen molar-refractivity contribution in [3.05, 3.63) is 41.5 Å².